The van der Waals surface area contributed by atoms with Crippen LogP contribution in [0.2, 0.25) is 10.0 Å². The summed E-state index contributed by atoms with van der Waals surface area (Å²) in [5.41, 5.74) is 2.00. The minimum absolute atomic E-state index is 0.138. The molecule has 0 saturated carbocycles. The number of rotatable bonds is 6. The van der Waals surface area contributed by atoms with E-state index in [0.717, 1.165) is 11.3 Å². The van der Waals surface area contributed by atoms with Gasteiger partial charge in [-0.05, 0) is 31.2 Å². The van der Waals surface area contributed by atoms with Crippen LogP contribution in [0.25, 0.3) is 0 Å². The number of hydrogen-bond donors (Lipinski definition) is 0. The number of aromatic nitrogens is 2. The lowest BCUT2D eigenvalue weighted by Crippen LogP contribution is -2.26. The van der Waals surface area contributed by atoms with Crippen molar-refractivity contribution < 1.29 is 13.9 Å². The van der Waals surface area contributed by atoms with Crippen molar-refractivity contribution in [1.29, 1.82) is 0 Å². The highest BCUT2D eigenvalue weighted by Gasteiger charge is 2.18. The average molecular weight is 408 g/mol. The van der Waals surface area contributed by atoms with Crippen LogP contribution in [0.4, 0.5) is 0 Å². The highest BCUT2D eigenvalue weighted by Crippen LogP contribution is 2.32. The van der Waals surface area contributed by atoms with Gasteiger partial charge in [-0.25, -0.2) is 0 Å². The summed E-state index contributed by atoms with van der Waals surface area (Å²) >= 11 is 12.1. The molecule has 2 aromatic heterocycles. The SMILES string of the molecule is Cc1c(CN(C)C(=O)c2ccc(COc3cccc(Cl)c3Cl)o2)cnn1C. The number of aryl methyl sites for hydroxylation is 1. The van der Waals surface area contributed by atoms with Crippen molar-refractivity contribution in [3.05, 3.63) is 69.4 Å². The summed E-state index contributed by atoms with van der Waals surface area (Å²) in [6.07, 6.45) is 1.76. The van der Waals surface area contributed by atoms with E-state index in [9.17, 15) is 4.79 Å². The quantitative estimate of drug-likeness (QED) is 0.604. The van der Waals surface area contributed by atoms with Gasteiger partial charge in [0.1, 0.15) is 23.1 Å². The number of amides is 1. The van der Waals surface area contributed by atoms with Crippen LogP contribution in [0.15, 0.2) is 40.9 Å². The minimum atomic E-state index is -0.217. The fourth-order valence-electron chi connectivity index (χ4n) is 2.53. The minimum Gasteiger partial charge on any atom is -0.484 e. The van der Waals surface area contributed by atoms with E-state index in [2.05, 4.69) is 5.10 Å². The first-order chi connectivity index (χ1) is 12.9. The Hall–Kier alpha value is -2.44. The second-order valence-corrected chi connectivity index (χ2v) is 6.93. The summed E-state index contributed by atoms with van der Waals surface area (Å²) < 4.78 is 13.0. The zero-order valence-electron chi connectivity index (χ0n) is 15.2. The molecule has 142 valence electrons. The van der Waals surface area contributed by atoms with Gasteiger partial charge in [0.15, 0.2) is 5.76 Å². The maximum absolute atomic E-state index is 12.6. The zero-order chi connectivity index (χ0) is 19.6. The Kier molecular flexibility index (Phi) is 5.77. The van der Waals surface area contributed by atoms with Crippen molar-refractivity contribution >= 4 is 29.1 Å². The summed E-state index contributed by atoms with van der Waals surface area (Å²) in [7, 11) is 3.59. The number of furan rings is 1. The molecule has 0 N–H and O–H groups in total. The van der Waals surface area contributed by atoms with E-state index < -0.39 is 0 Å². The monoisotopic (exact) mass is 407 g/mol. The molecule has 0 unspecified atom stereocenters. The third-order valence-electron chi connectivity index (χ3n) is 4.25. The van der Waals surface area contributed by atoms with E-state index >= 15 is 0 Å². The molecular formula is C19H19Cl2N3O3. The highest BCUT2D eigenvalue weighted by atomic mass is 35.5. The Balaban J connectivity index is 1.63. The summed E-state index contributed by atoms with van der Waals surface area (Å²) in [6, 6.07) is 8.48. The van der Waals surface area contributed by atoms with E-state index in [4.69, 9.17) is 32.4 Å². The molecule has 8 heteroatoms. The average Bonchev–Trinajstić information content (AvgIpc) is 3.24. The maximum atomic E-state index is 12.6. The number of nitrogens with zero attached hydrogens (tertiary/aromatic N) is 3. The number of benzene rings is 1. The molecule has 0 radical (unpaired) electrons. The lowest BCUT2D eigenvalue weighted by atomic mass is 10.2. The smallest absolute Gasteiger partial charge is 0.289 e. The molecule has 0 fully saturated rings. The number of carbonyl (C=O) groups excluding carboxylic acids is 1. The standard InChI is InChI=1S/C19H19Cl2N3O3/c1-12-13(9-22-24(12)3)10-23(2)19(25)17-8-7-14(27-17)11-26-16-6-4-5-15(20)18(16)21/h4-9H,10-11H2,1-3H3. The molecule has 0 atom stereocenters. The maximum Gasteiger partial charge on any atom is 0.289 e. The molecule has 3 aromatic rings. The lowest BCUT2D eigenvalue weighted by Gasteiger charge is -2.15. The fourth-order valence-corrected chi connectivity index (χ4v) is 2.88. The third kappa shape index (κ3) is 4.28. The van der Waals surface area contributed by atoms with Crippen molar-refractivity contribution in [2.24, 2.45) is 7.05 Å². The highest BCUT2D eigenvalue weighted by molar-refractivity contribution is 6.42. The van der Waals surface area contributed by atoms with Crippen molar-refractivity contribution in [2.45, 2.75) is 20.1 Å². The molecule has 1 aromatic carbocycles. The molecule has 2 heterocycles. The van der Waals surface area contributed by atoms with Crippen LogP contribution < -0.4 is 4.74 Å². The number of halogens is 2. The Morgan fingerprint density at radius 3 is 2.78 bits per heavy atom. The van der Waals surface area contributed by atoms with Gasteiger partial charge in [0.2, 0.25) is 0 Å². The van der Waals surface area contributed by atoms with Gasteiger partial charge >= 0.3 is 0 Å². The van der Waals surface area contributed by atoms with Crippen LogP contribution in [0.5, 0.6) is 5.75 Å². The molecule has 0 saturated heterocycles. The van der Waals surface area contributed by atoms with Gasteiger partial charge in [-0.3, -0.25) is 9.48 Å². The van der Waals surface area contributed by atoms with Gasteiger partial charge in [0, 0.05) is 31.9 Å². The molecule has 0 spiro atoms. The van der Waals surface area contributed by atoms with Crippen LogP contribution in [-0.4, -0.2) is 27.6 Å². The van der Waals surface area contributed by atoms with Crippen LogP contribution >= 0.6 is 23.2 Å². The van der Waals surface area contributed by atoms with E-state index in [-0.39, 0.29) is 18.3 Å². The lowest BCUT2D eigenvalue weighted by molar-refractivity contribution is 0.0749. The van der Waals surface area contributed by atoms with Crippen molar-refractivity contribution in [3.63, 3.8) is 0 Å². The predicted molar refractivity (Wildman–Crippen MR) is 103 cm³/mol. The Labute approximate surface area is 167 Å². The summed E-state index contributed by atoms with van der Waals surface area (Å²) in [5.74, 6) is 0.998. The van der Waals surface area contributed by atoms with Crippen molar-refractivity contribution in [2.75, 3.05) is 7.05 Å². The topological polar surface area (TPSA) is 60.5 Å². The first-order valence-electron chi connectivity index (χ1n) is 8.25. The molecular weight excluding hydrogens is 389 g/mol. The van der Waals surface area contributed by atoms with E-state index in [0.29, 0.717) is 28.1 Å². The van der Waals surface area contributed by atoms with Gasteiger partial charge in [-0.1, -0.05) is 29.3 Å². The number of hydrogen-bond acceptors (Lipinski definition) is 4. The Morgan fingerprint density at radius 2 is 2.07 bits per heavy atom. The summed E-state index contributed by atoms with van der Waals surface area (Å²) in [6.45, 7) is 2.55. The van der Waals surface area contributed by atoms with Crippen LogP contribution in [-0.2, 0) is 20.2 Å². The van der Waals surface area contributed by atoms with Crippen LogP contribution in [0, 0.1) is 6.92 Å². The Morgan fingerprint density at radius 1 is 1.30 bits per heavy atom. The van der Waals surface area contributed by atoms with E-state index in [1.807, 2.05) is 14.0 Å². The molecule has 1 amide bonds. The number of ether oxygens (including phenoxy) is 1. The van der Waals surface area contributed by atoms with Gasteiger partial charge in [-0.15, -0.1) is 0 Å². The van der Waals surface area contributed by atoms with Gasteiger partial charge < -0.3 is 14.1 Å². The first-order valence-corrected chi connectivity index (χ1v) is 9.01. The van der Waals surface area contributed by atoms with Gasteiger partial charge in [0.05, 0.1) is 11.2 Å². The predicted octanol–water partition coefficient (Wildman–Crippen LogP) is 4.48. The molecule has 0 aliphatic carbocycles. The third-order valence-corrected chi connectivity index (χ3v) is 5.05. The normalized spacial score (nSPS) is 10.9. The van der Waals surface area contributed by atoms with Gasteiger partial charge in [-0.2, -0.15) is 5.10 Å². The summed E-state index contributed by atoms with van der Waals surface area (Å²) in [5, 5.41) is 4.95. The zero-order valence-corrected chi connectivity index (χ0v) is 16.7. The van der Waals surface area contributed by atoms with E-state index in [1.54, 1.807) is 53.2 Å². The van der Waals surface area contributed by atoms with E-state index in [1.165, 1.54) is 0 Å². The molecule has 0 aliphatic rings. The fraction of sp³-hybridized carbons (Fsp3) is 0.263. The molecule has 27 heavy (non-hydrogen) atoms. The molecule has 3 rings (SSSR count). The second kappa shape index (κ2) is 8.06. The van der Waals surface area contributed by atoms with Crippen molar-refractivity contribution in [3.8, 4) is 5.75 Å². The van der Waals surface area contributed by atoms with Crippen molar-refractivity contribution in [1.82, 2.24) is 14.7 Å². The largest absolute Gasteiger partial charge is 0.484 e. The second-order valence-electron chi connectivity index (χ2n) is 6.15. The number of carbonyl (C=O) groups is 1. The molecule has 6 nitrogen and oxygen atoms in total. The molecule has 0 bridgehead atoms. The van der Waals surface area contributed by atoms with Gasteiger partial charge in [0.25, 0.3) is 5.91 Å². The van der Waals surface area contributed by atoms with Crippen LogP contribution in [0.3, 0.4) is 0 Å². The molecule has 0 aliphatic heterocycles. The Bertz CT molecular complexity index is 965. The summed E-state index contributed by atoms with van der Waals surface area (Å²) in [4.78, 5) is 14.2. The first kappa shape index (κ1) is 19.3. The van der Waals surface area contributed by atoms with Crippen LogP contribution in [0.1, 0.15) is 27.6 Å².